The highest BCUT2D eigenvalue weighted by Crippen LogP contribution is 2.33. The smallest absolute Gasteiger partial charge is 0.319 e. The average molecular weight is 429 g/mol. The Labute approximate surface area is 183 Å². The van der Waals surface area contributed by atoms with E-state index in [1.807, 2.05) is 43.4 Å². The Bertz CT molecular complexity index is 872. The van der Waals surface area contributed by atoms with Crippen molar-refractivity contribution in [1.29, 1.82) is 0 Å². The second-order valence-electron chi connectivity index (χ2n) is 7.79. The fourth-order valence-electron chi connectivity index (χ4n) is 3.78. The molecule has 0 spiro atoms. The molecule has 1 fully saturated rings. The number of carbonyl (C=O) groups excluding carboxylic acids is 2. The summed E-state index contributed by atoms with van der Waals surface area (Å²) in [5.41, 5.74) is 2.42. The van der Waals surface area contributed by atoms with E-state index in [0.29, 0.717) is 29.5 Å². The van der Waals surface area contributed by atoms with Crippen LogP contribution in [-0.4, -0.2) is 43.5 Å². The molecule has 2 aromatic carbocycles. The maximum Gasteiger partial charge on any atom is 0.319 e. The molecule has 30 heavy (non-hydrogen) atoms. The van der Waals surface area contributed by atoms with E-state index < -0.39 is 0 Å². The van der Waals surface area contributed by atoms with Crippen molar-refractivity contribution in [3.05, 3.63) is 59.1 Å². The van der Waals surface area contributed by atoms with E-state index in [9.17, 15) is 9.59 Å². The van der Waals surface area contributed by atoms with Gasteiger partial charge in [-0.15, -0.1) is 0 Å². The van der Waals surface area contributed by atoms with Crippen LogP contribution in [0.4, 0.5) is 16.2 Å². The predicted molar refractivity (Wildman–Crippen MR) is 122 cm³/mol. The number of hydrogen-bond acceptors (Lipinski definition) is 3. The van der Waals surface area contributed by atoms with E-state index in [0.717, 1.165) is 24.9 Å². The zero-order valence-electron chi connectivity index (χ0n) is 17.5. The number of amides is 3. The average Bonchev–Trinajstić information content (AvgIpc) is 3.11. The van der Waals surface area contributed by atoms with Crippen molar-refractivity contribution in [2.24, 2.45) is 5.92 Å². The Morgan fingerprint density at radius 1 is 1.07 bits per heavy atom. The maximum absolute atomic E-state index is 13.1. The van der Waals surface area contributed by atoms with Gasteiger partial charge in [-0.1, -0.05) is 43.1 Å². The zero-order chi connectivity index (χ0) is 21.5. The molecule has 0 saturated carbocycles. The van der Waals surface area contributed by atoms with E-state index >= 15 is 0 Å². The van der Waals surface area contributed by atoms with Gasteiger partial charge in [0.05, 0.1) is 5.92 Å². The van der Waals surface area contributed by atoms with Gasteiger partial charge in [-0.05, 0) is 49.4 Å². The van der Waals surface area contributed by atoms with Crippen LogP contribution in [0, 0.1) is 5.92 Å². The molecule has 1 aliphatic heterocycles. The molecule has 160 valence electrons. The quantitative estimate of drug-likeness (QED) is 0.566. The third-order valence-corrected chi connectivity index (χ3v) is 5.59. The van der Waals surface area contributed by atoms with Crippen molar-refractivity contribution in [2.75, 3.05) is 37.3 Å². The molecule has 1 aliphatic rings. The van der Waals surface area contributed by atoms with Crippen molar-refractivity contribution in [3.63, 3.8) is 0 Å². The minimum atomic E-state index is -0.243. The molecule has 3 amide bonds. The summed E-state index contributed by atoms with van der Waals surface area (Å²) in [5.74, 6) is -0.0769. The van der Waals surface area contributed by atoms with Crippen LogP contribution in [0.1, 0.15) is 31.2 Å². The molecule has 0 aromatic heterocycles. The molecule has 0 bridgehead atoms. The van der Waals surface area contributed by atoms with Gasteiger partial charge in [0.25, 0.3) is 0 Å². The second-order valence-corrected chi connectivity index (χ2v) is 8.23. The molecule has 2 atom stereocenters. The topological polar surface area (TPSA) is 73.5 Å². The standard InChI is InChI=1S/C23H29ClN4O2/c1-3-4-12-25-23(30)27-19-7-5-6-18(13-19)26-22(29)21-15-28(2)14-20(21)16-8-10-17(24)11-9-16/h5-11,13,20-21H,3-4,12,14-15H2,1-2H3,(H,26,29)(H2,25,27,30)/t20-,21+/m0/s1. The number of rotatable bonds is 7. The van der Waals surface area contributed by atoms with Crippen molar-refractivity contribution in [1.82, 2.24) is 10.2 Å². The summed E-state index contributed by atoms with van der Waals surface area (Å²) >= 11 is 6.02. The van der Waals surface area contributed by atoms with E-state index in [-0.39, 0.29) is 23.8 Å². The van der Waals surface area contributed by atoms with Gasteiger partial charge in [0, 0.05) is 41.9 Å². The third kappa shape index (κ3) is 5.97. The third-order valence-electron chi connectivity index (χ3n) is 5.34. The maximum atomic E-state index is 13.1. The fourth-order valence-corrected chi connectivity index (χ4v) is 3.90. The van der Waals surface area contributed by atoms with Gasteiger partial charge >= 0.3 is 6.03 Å². The number of nitrogens with one attached hydrogen (secondary N) is 3. The molecule has 6 nitrogen and oxygen atoms in total. The fraction of sp³-hybridized carbons (Fsp3) is 0.391. The molecule has 0 radical (unpaired) electrons. The number of anilines is 2. The van der Waals surface area contributed by atoms with Gasteiger partial charge in [-0.3, -0.25) is 4.79 Å². The lowest BCUT2D eigenvalue weighted by molar-refractivity contribution is -0.119. The van der Waals surface area contributed by atoms with E-state index in [1.54, 1.807) is 12.1 Å². The highest BCUT2D eigenvalue weighted by Gasteiger charge is 2.37. The molecule has 0 unspecified atom stereocenters. The van der Waals surface area contributed by atoms with Gasteiger partial charge in [-0.25, -0.2) is 4.79 Å². The number of carbonyl (C=O) groups is 2. The Hall–Kier alpha value is -2.57. The minimum absolute atomic E-state index is 0.0242. The summed E-state index contributed by atoms with van der Waals surface area (Å²) < 4.78 is 0. The molecular formula is C23H29ClN4O2. The molecule has 1 heterocycles. The number of nitrogens with zero attached hydrogens (tertiary/aromatic N) is 1. The van der Waals surface area contributed by atoms with E-state index in [1.165, 1.54) is 0 Å². The van der Waals surface area contributed by atoms with Gasteiger partial charge < -0.3 is 20.9 Å². The second kappa shape index (κ2) is 10.5. The van der Waals surface area contributed by atoms with Crippen LogP contribution >= 0.6 is 11.6 Å². The summed E-state index contributed by atoms with van der Waals surface area (Å²) in [6, 6.07) is 14.7. The minimum Gasteiger partial charge on any atom is -0.338 e. The van der Waals surface area contributed by atoms with Crippen LogP contribution in [0.5, 0.6) is 0 Å². The van der Waals surface area contributed by atoms with Crippen molar-refractivity contribution < 1.29 is 9.59 Å². The molecule has 1 saturated heterocycles. The Morgan fingerprint density at radius 2 is 1.77 bits per heavy atom. The highest BCUT2D eigenvalue weighted by molar-refractivity contribution is 6.30. The Kier molecular flexibility index (Phi) is 7.71. The summed E-state index contributed by atoms with van der Waals surface area (Å²) in [4.78, 5) is 27.2. The summed E-state index contributed by atoms with van der Waals surface area (Å²) in [5, 5.41) is 9.33. The molecule has 3 rings (SSSR count). The molecule has 3 N–H and O–H groups in total. The lowest BCUT2D eigenvalue weighted by atomic mass is 9.88. The van der Waals surface area contributed by atoms with E-state index in [4.69, 9.17) is 11.6 Å². The number of hydrogen-bond donors (Lipinski definition) is 3. The van der Waals surface area contributed by atoms with Crippen LogP contribution in [0.25, 0.3) is 0 Å². The Morgan fingerprint density at radius 3 is 2.47 bits per heavy atom. The van der Waals surface area contributed by atoms with Crippen LogP contribution in [0.15, 0.2) is 48.5 Å². The first-order chi connectivity index (χ1) is 14.5. The molecule has 7 heteroatoms. The lowest BCUT2D eigenvalue weighted by Gasteiger charge is -2.19. The SMILES string of the molecule is CCCCNC(=O)Nc1cccc(NC(=O)[C@@H]2CN(C)C[C@H]2c2ccc(Cl)cc2)c1. The zero-order valence-corrected chi connectivity index (χ0v) is 18.2. The molecular weight excluding hydrogens is 400 g/mol. The highest BCUT2D eigenvalue weighted by atomic mass is 35.5. The number of likely N-dealkylation sites (tertiary alicyclic amines) is 1. The van der Waals surface area contributed by atoms with E-state index in [2.05, 4.69) is 27.8 Å². The van der Waals surface area contributed by atoms with Crippen LogP contribution < -0.4 is 16.0 Å². The number of unbranched alkanes of at least 4 members (excludes halogenated alkanes) is 1. The number of likely N-dealkylation sites (N-methyl/N-ethyl adjacent to an activating group) is 1. The normalized spacial score (nSPS) is 18.8. The van der Waals surface area contributed by atoms with Crippen molar-refractivity contribution in [3.8, 4) is 0 Å². The molecule has 0 aliphatic carbocycles. The number of benzene rings is 2. The summed E-state index contributed by atoms with van der Waals surface area (Å²) in [6.07, 6.45) is 1.96. The summed E-state index contributed by atoms with van der Waals surface area (Å²) in [7, 11) is 2.03. The van der Waals surface area contributed by atoms with Gasteiger partial charge in [-0.2, -0.15) is 0 Å². The van der Waals surface area contributed by atoms with Gasteiger partial charge in [0.1, 0.15) is 0 Å². The first kappa shape index (κ1) is 22.1. The monoisotopic (exact) mass is 428 g/mol. The largest absolute Gasteiger partial charge is 0.338 e. The number of halogens is 1. The van der Waals surface area contributed by atoms with Crippen molar-refractivity contribution >= 4 is 34.9 Å². The predicted octanol–water partition coefficient (Wildman–Crippen LogP) is 4.55. The first-order valence-corrected chi connectivity index (χ1v) is 10.7. The van der Waals surface area contributed by atoms with Gasteiger partial charge in [0.15, 0.2) is 0 Å². The first-order valence-electron chi connectivity index (χ1n) is 10.4. The van der Waals surface area contributed by atoms with Crippen LogP contribution in [-0.2, 0) is 4.79 Å². The van der Waals surface area contributed by atoms with Crippen molar-refractivity contribution in [2.45, 2.75) is 25.7 Å². The Balaban J connectivity index is 1.64. The lowest BCUT2D eigenvalue weighted by Crippen LogP contribution is -2.30. The summed E-state index contributed by atoms with van der Waals surface area (Å²) in [6.45, 7) is 4.22. The van der Waals surface area contributed by atoms with Crippen LogP contribution in [0.3, 0.4) is 0 Å². The van der Waals surface area contributed by atoms with Crippen LogP contribution in [0.2, 0.25) is 5.02 Å². The van der Waals surface area contributed by atoms with Gasteiger partial charge in [0.2, 0.25) is 5.91 Å². The molecule has 2 aromatic rings. The number of urea groups is 1.